The molecule has 0 radical (unpaired) electrons. The number of carbonyl (C=O) groups excluding carboxylic acids is 1. The van der Waals surface area contributed by atoms with Gasteiger partial charge < -0.3 is 10.4 Å². The maximum absolute atomic E-state index is 11.9. The van der Waals surface area contributed by atoms with Crippen LogP contribution in [0.25, 0.3) is 0 Å². The van der Waals surface area contributed by atoms with Gasteiger partial charge in [-0.3, -0.25) is 9.69 Å². The van der Waals surface area contributed by atoms with Crippen molar-refractivity contribution >= 4 is 17.7 Å². The Kier molecular flexibility index (Phi) is 3.27. The maximum atomic E-state index is 11.9. The van der Waals surface area contributed by atoms with Crippen LogP contribution in [0.3, 0.4) is 0 Å². The van der Waals surface area contributed by atoms with Crippen LogP contribution < -0.4 is 5.32 Å². The molecule has 2 amide bonds. The first-order chi connectivity index (χ1) is 8.18. The van der Waals surface area contributed by atoms with Crippen LogP contribution in [-0.2, 0) is 4.79 Å². The maximum Gasteiger partial charge on any atom is 0.407 e. The largest absolute Gasteiger partial charge is 0.465 e. The molecule has 17 heavy (non-hydrogen) atoms. The lowest BCUT2D eigenvalue weighted by Crippen LogP contribution is -2.42. The number of nitrogens with one attached hydrogen (secondary N) is 1. The summed E-state index contributed by atoms with van der Waals surface area (Å²) in [7, 11) is 0. The molecule has 5 nitrogen and oxygen atoms in total. The predicted molar refractivity (Wildman–Crippen MR) is 62.8 cm³/mol. The fraction of sp³-hybridized carbons (Fsp3) is 0.333. The Hall–Kier alpha value is -2.04. The van der Waals surface area contributed by atoms with Gasteiger partial charge in [-0.05, 0) is 25.0 Å². The molecule has 1 aliphatic rings. The average molecular weight is 234 g/mol. The van der Waals surface area contributed by atoms with E-state index in [1.165, 1.54) is 4.90 Å². The molecule has 1 aliphatic heterocycles. The molecule has 1 fully saturated rings. The number of rotatable bonds is 2. The van der Waals surface area contributed by atoms with Crippen molar-refractivity contribution in [3.05, 3.63) is 30.3 Å². The first kappa shape index (κ1) is 11.4. The summed E-state index contributed by atoms with van der Waals surface area (Å²) in [6, 6.07) is 8.48. The SMILES string of the molecule is O=C(Nc1ccccc1)[C@@H]1CCCN1C(=O)O. The van der Waals surface area contributed by atoms with Crippen molar-refractivity contribution in [2.24, 2.45) is 0 Å². The van der Waals surface area contributed by atoms with Crippen molar-refractivity contribution in [2.75, 3.05) is 11.9 Å². The Morgan fingerprint density at radius 1 is 1.29 bits per heavy atom. The Balaban J connectivity index is 2.03. The summed E-state index contributed by atoms with van der Waals surface area (Å²) >= 11 is 0. The number of carbonyl (C=O) groups is 2. The second-order valence-electron chi connectivity index (χ2n) is 3.99. The van der Waals surface area contributed by atoms with E-state index in [9.17, 15) is 9.59 Å². The highest BCUT2D eigenvalue weighted by molar-refractivity contribution is 5.96. The van der Waals surface area contributed by atoms with Crippen LogP contribution in [0.4, 0.5) is 10.5 Å². The first-order valence-electron chi connectivity index (χ1n) is 5.54. The average Bonchev–Trinajstić information content (AvgIpc) is 2.79. The van der Waals surface area contributed by atoms with Gasteiger partial charge in [-0.1, -0.05) is 18.2 Å². The van der Waals surface area contributed by atoms with Crippen LogP contribution in [0.1, 0.15) is 12.8 Å². The normalized spacial score (nSPS) is 19.1. The van der Waals surface area contributed by atoms with Gasteiger partial charge in [0, 0.05) is 12.2 Å². The van der Waals surface area contributed by atoms with E-state index in [1.54, 1.807) is 12.1 Å². The Morgan fingerprint density at radius 3 is 2.65 bits per heavy atom. The number of hydrogen-bond donors (Lipinski definition) is 2. The smallest absolute Gasteiger partial charge is 0.407 e. The van der Waals surface area contributed by atoms with Crippen LogP contribution in [0, 0.1) is 0 Å². The number of amides is 2. The molecule has 1 saturated heterocycles. The van der Waals surface area contributed by atoms with E-state index in [-0.39, 0.29) is 5.91 Å². The van der Waals surface area contributed by atoms with Gasteiger partial charge in [0.2, 0.25) is 5.91 Å². The molecule has 90 valence electrons. The summed E-state index contributed by atoms with van der Waals surface area (Å²) in [5, 5.41) is 11.7. The molecule has 0 aliphatic carbocycles. The fourth-order valence-electron chi connectivity index (χ4n) is 2.02. The zero-order valence-corrected chi connectivity index (χ0v) is 9.30. The number of hydrogen-bond acceptors (Lipinski definition) is 2. The van der Waals surface area contributed by atoms with E-state index in [4.69, 9.17) is 5.11 Å². The molecule has 0 bridgehead atoms. The lowest BCUT2D eigenvalue weighted by Gasteiger charge is -2.20. The highest BCUT2D eigenvalue weighted by Crippen LogP contribution is 2.19. The Morgan fingerprint density at radius 2 is 2.00 bits per heavy atom. The van der Waals surface area contributed by atoms with E-state index in [2.05, 4.69) is 5.32 Å². The number of carboxylic acid groups (broad SMARTS) is 1. The quantitative estimate of drug-likeness (QED) is 0.819. The van der Waals surface area contributed by atoms with Gasteiger partial charge in [-0.25, -0.2) is 4.79 Å². The number of nitrogens with zero attached hydrogens (tertiary/aromatic N) is 1. The van der Waals surface area contributed by atoms with Gasteiger partial charge in [-0.2, -0.15) is 0 Å². The second kappa shape index (κ2) is 4.86. The standard InChI is InChI=1S/C12H14N2O3/c15-11(13-9-5-2-1-3-6-9)10-7-4-8-14(10)12(16)17/h1-3,5-6,10H,4,7-8H2,(H,13,15)(H,16,17)/t10-/m0/s1. The monoisotopic (exact) mass is 234 g/mol. The number of para-hydroxylation sites is 1. The van der Waals surface area contributed by atoms with E-state index in [0.717, 1.165) is 6.42 Å². The van der Waals surface area contributed by atoms with E-state index in [1.807, 2.05) is 18.2 Å². The molecule has 2 rings (SSSR count). The van der Waals surface area contributed by atoms with Crippen LogP contribution in [0.2, 0.25) is 0 Å². The molecule has 1 atom stereocenters. The predicted octanol–water partition coefficient (Wildman–Crippen LogP) is 1.77. The van der Waals surface area contributed by atoms with Gasteiger partial charge in [0.05, 0.1) is 0 Å². The summed E-state index contributed by atoms with van der Waals surface area (Å²) in [5.41, 5.74) is 0.690. The third-order valence-electron chi connectivity index (χ3n) is 2.84. The van der Waals surface area contributed by atoms with Crippen molar-refractivity contribution in [2.45, 2.75) is 18.9 Å². The van der Waals surface area contributed by atoms with Gasteiger partial charge >= 0.3 is 6.09 Å². The highest BCUT2D eigenvalue weighted by atomic mass is 16.4. The zero-order chi connectivity index (χ0) is 12.3. The Bertz CT molecular complexity index is 419. The molecule has 0 spiro atoms. The topological polar surface area (TPSA) is 69.6 Å². The Labute approximate surface area is 99.0 Å². The molecule has 0 unspecified atom stereocenters. The van der Waals surface area contributed by atoms with Crippen molar-refractivity contribution < 1.29 is 14.7 Å². The van der Waals surface area contributed by atoms with Crippen molar-refractivity contribution in [3.8, 4) is 0 Å². The van der Waals surface area contributed by atoms with E-state index < -0.39 is 12.1 Å². The molecule has 0 saturated carbocycles. The molecule has 1 heterocycles. The van der Waals surface area contributed by atoms with Crippen LogP contribution >= 0.6 is 0 Å². The lowest BCUT2D eigenvalue weighted by molar-refractivity contribution is -0.119. The van der Waals surface area contributed by atoms with Crippen molar-refractivity contribution in [1.29, 1.82) is 0 Å². The summed E-state index contributed by atoms with van der Waals surface area (Å²) in [4.78, 5) is 24.0. The molecular formula is C12H14N2O3. The summed E-state index contributed by atoms with van der Waals surface area (Å²) in [6.45, 7) is 0.433. The van der Waals surface area contributed by atoms with Gasteiger partial charge in [-0.15, -0.1) is 0 Å². The molecule has 1 aromatic carbocycles. The van der Waals surface area contributed by atoms with Crippen molar-refractivity contribution in [1.82, 2.24) is 4.90 Å². The first-order valence-corrected chi connectivity index (χ1v) is 5.54. The minimum Gasteiger partial charge on any atom is -0.465 e. The van der Waals surface area contributed by atoms with Gasteiger partial charge in [0.25, 0.3) is 0 Å². The molecule has 2 N–H and O–H groups in total. The zero-order valence-electron chi connectivity index (χ0n) is 9.30. The molecule has 0 aromatic heterocycles. The van der Waals surface area contributed by atoms with E-state index in [0.29, 0.717) is 18.7 Å². The number of likely N-dealkylation sites (tertiary alicyclic amines) is 1. The minimum atomic E-state index is -1.03. The lowest BCUT2D eigenvalue weighted by atomic mass is 10.2. The third-order valence-corrected chi connectivity index (χ3v) is 2.84. The third kappa shape index (κ3) is 2.55. The minimum absolute atomic E-state index is 0.254. The summed E-state index contributed by atoms with van der Waals surface area (Å²) in [6.07, 6.45) is 0.292. The summed E-state index contributed by atoms with van der Waals surface area (Å²) in [5.74, 6) is -0.254. The second-order valence-corrected chi connectivity index (χ2v) is 3.99. The van der Waals surface area contributed by atoms with E-state index >= 15 is 0 Å². The highest BCUT2D eigenvalue weighted by Gasteiger charge is 2.33. The number of anilines is 1. The molecule has 5 heteroatoms. The van der Waals surface area contributed by atoms with Crippen LogP contribution in [0.15, 0.2) is 30.3 Å². The summed E-state index contributed by atoms with van der Waals surface area (Å²) < 4.78 is 0. The number of benzene rings is 1. The molecule has 1 aromatic rings. The van der Waals surface area contributed by atoms with Gasteiger partial charge in [0.15, 0.2) is 0 Å². The fourth-order valence-corrected chi connectivity index (χ4v) is 2.02. The van der Waals surface area contributed by atoms with Crippen LogP contribution in [-0.4, -0.2) is 34.6 Å². The molecular weight excluding hydrogens is 220 g/mol. The van der Waals surface area contributed by atoms with Crippen molar-refractivity contribution in [3.63, 3.8) is 0 Å². The van der Waals surface area contributed by atoms with Crippen LogP contribution in [0.5, 0.6) is 0 Å². The van der Waals surface area contributed by atoms with Gasteiger partial charge in [0.1, 0.15) is 6.04 Å².